The Hall–Kier alpha value is -3.81. The molecule has 0 radical (unpaired) electrons. The van der Waals surface area contributed by atoms with Crippen LogP contribution in [0.2, 0.25) is 5.02 Å². The highest BCUT2D eigenvalue weighted by atomic mass is 35.5. The first-order valence-corrected chi connectivity index (χ1v) is 13.0. The summed E-state index contributed by atoms with van der Waals surface area (Å²) in [6.07, 6.45) is 1.88. The Labute approximate surface area is 227 Å². The number of carbonyl (C=O) groups excluding carboxylic acids is 1. The molecule has 1 aromatic heterocycles. The van der Waals surface area contributed by atoms with Crippen LogP contribution in [0.5, 0.6) is 17.4 Å². The minimum atomic E-state index is -0.101. The molecule has 0 saturated carbocycles. The van der Waals surface area contributed by atoms with Gasteiger partial charge >= 0.3 is 0 Å². The highest BCUT2D eigenvalue weighted by molar-refractivity contribution is 6.30. The number of hydrogen-bond acceptors (Lipinski definition) is 5. The van der Waals surface area contributed by atoms with Gasteiger partial charge in [0.1, 0.15) is 17.2 Å². The average Bonchev–Trinajstić information content (AvgIpc) is 3.57. The first kappa shape index (κ1) is 25.8. The summed E-state index contributed by atoms with van der Waals surface area (Å²) < 4.78 is 19.3. The maximum Gasteiger partial charge on any atom is 0.254 e. The van der Waals surface area contributed by atoms with Gasteiger partial charge in [0.25, 0.3) is 5.91 Å². The molecule has 4 aromatic rings. The molecule has 1 atom stereocenters. The molecule has 1 aliphatic heterocycles. The predicted octanol–water partition coefficient (Wildman–Crippen LogP) is 6.36. The third kappa shape index (κ3) is 5.85. The summed E-state index contributed by atoms with van der Waals surface area (Å²) in [7, 11) is 3.47. The maximum absolute atomic E-state index is 13.8. The lowest BCUT2D eigenvalue weighted by Crippen LogP contribution is -2.37. The van der Waals surface area contributed by atoms with E-state index in [2.05, 4.69) is 0 Å². The van der Waals surface area contributed by atoms with Crippen molar-refractivity contribution in [2.24, 2.45) is 7.05 Å². The number of amides is 1. The van der Waals surface area contributed by atoms with Gasteiger partial charge in [0.05, 0.1) is 25.3 Å². The lowest BCUT2D eigenvalue weighted by molar-refractivity contribution is 0.0506. The quantitative estimate of drug-likeness (QED) is 0.251. The van der Waals surface area contributed by atoms with Crippen LogP contribution in [0.15, 0.2) is 78.9 Å². The molecule has 7 nitrogen and oxygen atoms in total. The van der Waals surface area contributed by atoms with Crippen molar-refractivity contribution in [2.45, 2.75) is 25.5 Å². The third-order valence-corrected chi connectivity index (χ3v) is 6.84. The van der Waals surface area contributed by atoms with Gasteiger partial charge in [0, 0.05) is 36.3 Å². The van der Waals surface area contributed by atoms with E-state index in [9.17, 15) is 4.79 Å². The van der Waals surface area contributed by atoms with E-state index in [1.54, 1.807) is 36.1 Å². The smallest absolute Gasteiger partial charge is 0.254 e. The van der Waals surface area contributed by atoms with Crippen molar-refractivity contribution >= 4 is 17.5 Å². The Morgan fingerprint density at radius 1 is 1.05 bits per heavy atom. The molecule has 5 rings (SSSR count). The number of rotatable bonds is 9. The summed E-state index contributed by atoms with van der Waals surface area (Å²) in [5.74, 6) is 1.85. The fourth-order valence-electron chi connectivity index (χ4n) is 4.63. The second kappa shape index (κ2) is 11.7. The number of carbonyl (C=O) groups is 1. The van der Waals surface area contributed by atoms with Crippen LogP contribution in [0.3, 0.4) is 0 Å². The SMILES string of the molecule is COc1ccc(Oc2c(CN(C[C@H]3CCCO3)C(=O)c3ccc(Cl)cc3)c(-c3ccccc3)nn2C)cc1. The van der Waals surface area contributed by atoms with Crippen LogP contribution < -0.4 is 9.47 Å². The molecule has 1 fully saturated rings. The van der Waals surface area contributed by atoms with Crippen LogP contribution >= 0.6 is 11.6 Å². The van der Waals surface area contributed by atoms with Crippen LogP contribution in [-0.2, 0) is 18.3 Å². The number of halogens is 1. The Balaban J connectivity index is 1.54. The van der Waals surface area contributed by atoms with E-state index >= 15 is 0 Å². The van der Waals surface area contributed by atoms with Crippen molar-refractivity contribution in [2.75, 3.05) is 20.3 Å². The molecule has 1 saturated heterocycles. The first-order chi connectivity index (χ1) is 18.5. The minimum absolute atomic E-state index is 0.0194. The van der Waals surface area contributed by atoms with E-state index < -0.39 is 0 Å². The van der Waals surface area contributed by atoms with E-state index in [1.807, 2.05) is 66.5 Å². The first-order valence-electron chi connectivity index (χ1n) is 12.6. The number of aromatic nitrogens is 2. The van der Waals surface area contributed by atoms with Gasteiger partial charge in [0.2, 0.25) is 5.88 Å². The normalized spacial score (nSPS) is 14.9. The molecular formula is C30H30ClN3O4. The zero-order chi connectivity index (χ0) is 26.5. The van der Waals surface area contributed by atoms with Gasteiger partial charge in [-0.15, -0.1) is 0 Å². The second-order valence-corrected chi connectivity index (χ2v) is 9.66. The van der Waals surface area contributed by atoms with Gasteiger partial charge in [-0.25, -0.2) is 4.68 Å². The van der Waals surface area contributed by atoms with Crippen LogP contribution in [0.1, 0.15) is 28.8 Å². The molecule has 1 aliphatic rings. The second-order valence-electron chi connectivity index (χ2n) is 9.23. The standard InChI is InChI=1S/C30H30ClN3O4/c1-33-30(38-25-16-14-24(36-2)15-17-25)27(28(32-33)21-7-4-3-5-8-21)20-34(19-26-9-6-18-37-26)29(35)22-10-12-23(31)13-11-22/h3-5,7-8,10-17,26H,6,9,18-20H2,1-2H3/t26-/m1/s1. The molecule has 0 aliphatic carbocycles. The molecule has 8 heteroatoms. The monoisotopic (exact) mass is 531 g/mol. The van der Waals surface area contributed by atoms with Gasteiger partial charge < -0.3 is 19.1 Å². The number of ether oxygens (including phenoxy) is 3. The number of aryl methyl sites for hydroxylation is 1. The maximum atomic E-state index is 13.8. The van der Waals surface area contributed by atoms with E-state index in [4.69, 9.17) is 30.9 Å². The van der Waals surface area contributed by atoms with Crippen LogP contribution in [0.4, 0.5) is 0 Å². The Bertz CT molecular complexity index is 1370. The summed E-state index contributed by atoms with van der Waals surface area (Å²) in [6.45, 7) is 1.47. The molecule has 38 heavy (non-hydrogen) atoms. The van der Waals surface area contributed by atoms with Gasteiger partial charge in [0.15, 0.2) is 0 Å². The third-order valence-electron chi connectivity index (χ3n) is 6.58. The highest BCUT2D eigenvalue weighted by Crippen LogP contribution is 2.35. The van der Waals surface area contributed by atoms with E-state index in [0.717, 1.165) is 35.4 Å². The van der Waals surface area contributed by atoms with Crippen LogP contribution in [0, 0.1) is 0 Å². The van der Waals surface area contributed by atoms with Crippen molar-refractivity contribution in [3.8, 4) is 28.6 Å². The van der Waals surface area contributed by atoms with Gasteiger partial charge in [-0.2, -0.15) is 5.10 Å². The van der Waals surface area contributed by atoms with Crippen molar-refractivity contribution in [1.29, 1.82) is 0 Å². The van der Waals surface area contributed by atoms with Crippen molar-refractivity contribution in [1.82, 2.24) is 14.7 Å². The lowest BCUT2D eigenvalue weighted by atomic mass is 10.1. The summed E-state index contributed by atoms with van der Waals surface area (Å²) >= 11 is 6.09. The van der Waals surface area contributed by atoms with Gasteiger partial charge in [-0.05, 0) is 61.4 Å². The fraction of sp³-hybridized carbons (Fsp3) is 0.267. The molecule has 0 bridgehead atoms. The topological polar surface area (TPSA) is 65.8 Å². The fourth-order valence-corrected chi connectivity index (χ4v) is 4.75. The van der Waals surface area contributed by atoms with Crippen molar-refractivity contribution < 1.29 is 19.0 Å². The summed E-state index contributed by atoms with van der Waals surface area (Å²) in [4.78, 5) is 15.6. The zero-order valence-electron chi connectivity index (χ0n) is 21.5. The Morgan fingerprint density at radius 3 is 2.42 bits per heavy atom. The molecule has 2 heterocycles. The lowest BCUT2D eigenvalue weighted by Gasteiger charge is -2.26. The molecule has 196 valence electrons. The molecule has 1 amide bonds. The van der Waals surface area contributed by atoms with Crippen molar-refractivity contribution in [3.63, 3.8) is 0 Å². The molecular weight excluding hydrogens is 502 g/mol. The summed E-state index contributed by atoms with van der Waals surface area (Å²) in [5, 5.41) is 5.40. The summed E-state index contributed by atoms with van der Waals surface area (Å²) in [5.41, 5.74) is 3.08. The van der Waals surface area contributed by atoms with Crippen LogP contribution in [0.25, 0.3) is 11.3 Å². The number of nitrogens with zero attached hydrogens (tertiary/aromatic N) is 3. The average molecular weight is 532 g/mol. The molecule has 3 aromatic carbocycles. The molecule has 0 spiro atoms. The molecule has 0 N–H and O–H groups in total. The number of hydrogen-bond donors (Lipinski definition) is 0. The number of benzene rings is 3. The van der Waals surface area contributed by atoms with Crippen LogP contribution in [-0.4, -0.2) is 47.0 Å². The Kier molecular flexibility index (Phi) is 7.96. The largest absolute Gasteiger partial charge is 0.497 e. The van der Waals surface area contributed by atoms with Gasteiger partial charge in [-0.1, -0.05) is 41.9 Å². The minimum Gasteiger partial charge on any atom is -0.497 e. The van der Waals surface area contributed by atoms with E-state index in [1.165, 1.54) is 0 Å². The highest BCUT2D eigenvalue weighted by Gasteiger charge is 2.28. The van der Waals surface area contributed by atoms with E-state index in [0.29, 0.717) is 41.9 Å². The number of methoxy groups -OCH3 is 1. The molecule has 0 unspecified atom stereocenters. The van der Waals surface area contributed by atoms with Gasteiger partial charge in [-0.3, -0.25) is 4.79 Å². The summed E-state index contributed by atoms with van der Waals surface area (Å²) in [6, 6.07) is 24.3. The van der Waals surface area contributed by atoms with E-state index in [-0.39, 0.29) is 12.0 Å². The zero-order valence-corrected chi connectivity index (χ0v) is 22.2. The van der Waals surface area contributed by atoms with Crippen molar-refractivity contribution in [3.05, 3.63) is 95.0 Å². The predicted molar refractivity (Wildman–Crippen MR) is 147 cm³/mol. The Morgan fingerprint density at radius 2 is 1.76 bits per heavy atom.